The maximum Gasteiger partial charge on any atom is 0.417 e. The normalized spacial score (nSPS) is 19.3. The SMILES string of the molecule is CCC1CCNc2cc3nc(S(C)=O)cc(C(F)(F)F)c3cc21. The van der Waals surface area contributed by atoms with Gasteiger partial charge in [0.15, 0.2) is 0 Å². The molecular weight excluding hydrogens is 325 g/mol. The van der Waals surface area contributed by atoms with Gasteiger partial charge in [0, 0.05) is 23.9 Å². The van der Waals surface area contributed by atoms with Crippen LogP contribution in [0, 0.1) is 0 Å². The summed E-state index contributed by atoms with van der Waals surface area (Å²) in [6.45, 7) is 2.83. The van der Waals surface area contributed by atoms with Gasteiger partial charge in [-0.3, -0.25) is 4.21 Å². The van der Waals surface area contributed by atoms with Crippen LogP contribution >= 0.6 is 0 Å². The summed E-state index contributed by atoms with van der Waals surface area (Å²) in [5, 5.41) is 3.26. The summed E-state index contributed by atoms with van der Waals surface area (Å²) >= 11 is 0. The van der Waals surface area contributed by atoms with Crippen LogP contribution in [0.15, 0.2) is 23.2 Å². The van der Waals surface area contributed by atoms with Gasteiger partial charge in [0.2, 0.25) is 0 Å². The molecule has 23 heavy (non-hydrogen) atoms. The minimum absolute atomic E-state index is 0.0485. The van der Waals surface area contributed by atoms with Crippen molar-refractivity contribution in [1.82, 2.24) is 4.98 Å². The van der Waals surface area contributed by atoms with Crippen LogP contribution in [0.2, 0.25) is 0 Å². The van der Waals surface area contributed by atoms with Gasteiger partial charge in [0.25, 0.3) is 0 Å². The number of fused-ring (bicyclic) bond motifs is 2. The Hall–Kier alpha value is -1.63. The zero-order valence-corrected chi connectivity index (χ0v) is 13.6. The summed E-state index contributed by atoms with van der Waals surface area (Å²) in [6, 6.07) is 4.16. The van der Waals surface area contributed by atoms with E-state index in [0.29, 0.717) is 0 Å². The van der Waals surface area contributed by atoms with Crippen molar-refractivity contribution in [3.8, 4) is 0 Å². The first kappa shape index (κ1) is 16.2. The fourth-order valence-electron chi connectivity index (χ4n) is 3.10. The minimum Gasteiger partial charge on any atom is -0.385 e. The lowest BCUT2D eigenvalue weighted by atomic mass is 9.87. The quantitative estimate of drug-likeness (QED) is 0.885. The molecule has 3 nitrogen and oxygen atoms in total. The zero-order valence-electron chi connectivity index (χ0n) is 12.8. The number of pyridine rings is 1. The molecule has 0 saturated carbocycles. The topological polar surface area (TPSA) is 42.0 Å². The highest BCUT2D eigenvalue weighted by Crippen LogP contribution is 2.41. The van der Waals surface area contributed by atoms with E-state index in [2.05, 4.69) is 10.3 Å². The number of rotatable bonds is 2. The number of aromatic nitrogens is 1. The Bertz CT molecular complexity index is 789. The van der Waals surface area contributed by atoms with E-state index >= 15 is 0 Å². The molecule has 2 aromatic rings. The van der Waals surface area contributed by atoms with Crippen molar-refractivity contribution in [2.45, 2.75) is 36.9 Å². The highest BCUT2D eigenvalue weighted by molar-refractivity contribution is 7.84. The van der Waals surface area contributed by atoms with Crippen molar-refractivity contribution >= 4 is 27.4 Å². The highest BCUT2D eigenvalue weighted by Gasteiger charge is 2.34. The first-order chi connectivity index (χ1) is 10.8. The Labute approximate surface area is 134 Å². The molecule has 7 heteroatoms. The number of nitrogens with one attached hydrogen (secondary N) is 1. The minimum atomic E-state index is -4.51. The third-order valence-electron chi connectivity index (χ3n) is 4.30. The van der Waals surface area contributed by atoms with Crippen LogP contribution in [0.4, 0.5) is 18.9 Å². The monoisotopic (exact) mass is 342 g/mol. The number of hydrogen-bond acceptors (Lipinski definition) is 3. The van der Waals surface area contributed by atoms with Crippen LogP contribution in [-0.2, 0) is 17.0 Å². The summed E-state index contributed by atoms with van der Waals surface area (Å²) in [6.07, 6.45) is -1.39. The van der Waals surface area contributed by atoms with E-state index in [-0.39, 0.29) is 21.8 Å². The van der Waals surface area contributed by atoms with E-state index in [9.17, 15) is 17.4 Å². The number of hydrogen-bond donors (Lipinski definition) is 1. The maximum absolute atomic E-state index is 13.4. The fourth-order valence-corrected chi connectivity index (χ4v) is 3.61. The third kappa shape index (κ3) is 2.94. The second kappa shape index (κ2) is 5.78. The van der Waals surface area contributed by atoms with Gasteiger partial charge in [-0.1, -0.05) is 6.92 Å². The molecular formula is C16H17F3N2OS. The molecule has 0 radical (unpaired) electrons. The smallest absolute Gasteiger partial charge is 0.385 e. The van der Waals surface area contributed by atoms with Crippen molar-refractivity contribution in [3.05, 3.63) is 29.3 Å². The Morgan fingerprint density at radius 1 is 1.35 bits per heavy atom. The van der Waals surface area contributed by atoms with Gasteiger partial charge >= 0.3 is 6.18 Å². The van der Waals surface area contributed by atoms with Crippen molar-refractivity contribution in [2.75, 3.05) is 18.1 Å². The Morgan fingerprint density at radius 3 is 2.70 bits per heavy atom. The van der Waals surface area contributed by atoms with Crippen LogP contribution in [0.5, 0.6) is 0 Å². The predicted molar refractivity (Wildman–Crippen MR) is 85.2 cm³/mol. The molecule has 1 aromatic heterocycles. The van der Waals surface area contributed by atoms with Crippen molar-refractivity contribution in [2.24, 2.45) is 0 Å². The van der Waals surface area contributed by atoms with Crippen LogP contribution in [0.25, 0.3) is 10.9 Å². The van der Waals surface area contributed by atoms with Gasteiger partial charge in [-0.15, -0.1) is 0 Å². The summed E-state index contributed by atoms with van der Waals surface area (Å²) in [5.41, 5.74) is 1.20. The van der Waals surface area contributed by atoms with Crippen LogP contribution in [-0.4, -0.2) is 22.0 Å². The fraction of sp³-hybridized carbons (Fsp3) is 0.438. The second-order valence-corrected chi connectivity index (χ2v) is 7.06. The Balaban J connectivity index is 2.33. The molecule has 1 aliphatic heterocycles. The molecule has 0 bridgehead atoms. The average molecular weight is 342 g/mol. The Morgan fingerprint density at radius 2 is 2.09 bits per heavy atom. The molecule has 0 aliphatic carbocycles. The van der Waals surface area contributed by atoms with Gasteiger partial charge in [-0.25, -0.2) is 4.98 Å². The van der Waals surface area contributed by atoms with E-state index in [0.717, 1.165) is 36.7 Å². The largest absolute Gasteiger partial charge is 0.417 e. The predicted octanol–water partition coefficient (Wildman–Crippen LogP) is 4.30. The Kier molecular flexibility index (Phi) is 4.08. The van der Waals surface area contributed by atoms with E-state index < -0.39 is 22.5 Å². The average Bonchev–Trinajstić information content (AvgIpc) is 2.50. The number of alkyl halides is 3. The summed E-state index contributed by atoms with van der Waals surface area (Å²) < 4.78 is 51.9. The molecule has 3 rings (SSSR count). The van der Waals surface area contributed by atoms with Crippen LogP contribution in [0.1, 0.15) is 36.8 Å². The molecule has 0 fully saturated rings. The lowest BCUT2D eigenvalue weighted by Gasteiger charge is -2.27. The lowest BCUT2D eigenvalue weighted by Crippen LogP contribution is -2.17. The van der Waals surface area contributed by atoms with Crippen LogP contribution in [0.3, 0.4) is 0 Å². The standard InChI is InChI=1S/C16H17F3N2OS/c1-3-9-4-5-20-13-8-14-11(6-10(9)13)12(16(17,18)19)7-15(21-14)23(2)22/h6-9,20H,3-5H2,1-2H3. The molecule has 124 valence electrons. The highest BCUT2D eigenvalue weighted by atomic mass is 32.2. The molecule has 0 saturated heterocycles. The summed E-state index contributed by atoms with van der Waals surface area (Å²) in [7, 11) is -1.57. The molecule has 0 amide bonds. The van der Waals surface area contributed by atoms with Gasteiger partial charge in [0.1, 0.15) is 5.03 Å². The van der Waals surface area contributed by atoms with Gasteiger partial charge in [0.05, 0.1) is 21.9 Å². The number of halogens is 3. The van der Waals surface area contributed by atoms with Crippen molar-refractivity contribution in [3.63, 3.8) is 0 Å². The first-order valence-electron chi connectivity index (χ1n) is 7.44. The van der Waals surface area contributed by atoms with E-state index in [1.807, 2.05) is 6.92 Å². The lowest BCUT2D eigenvalue weighted by molar-refractivity contribution is -0.136. The second-order valence-electron chi connectivity index (χ2n) is 5.74. The van der Waals surface area contributed by atoms with Gasteiger partial charge in [-0.2, -0.15) is 13.2 Å². The maximum atomic E-state index is 13.4. The van der Waals surface area contributed by atoms with E-state index in [4.69, 9.17) is 0 Å². The van der Waals surface area contributed by atoms with Gasteiger partial charge < -0.3 is 5.32 Å². The molecule has 1 aliphatic rings. The number of nitrogens with zero attached hydrogens (tertiary/aromatic N) is 1. The molecule has 2 heterocycles. The van der Waals surface area contributed by atoms with Crippen LogP contribution < -0.4 is 5.32 Å². The third-order valence-corrected chi connectivity index (χ3v) is 5.10. The molecule has 1 N–H and O–H groups in total. The van der Waals surface area contributed by atoms with Gasteiger partial charge in [-0.05, 0) is 42.5 Å². The number of benzene rings is 1. The zero-order chi connectivity index (χ0) is 16.8. The molecule has 2 atom stereocenters. The summed E-state index contributed by atoms with van der Waals surface area (Å²) in [5.74, 6) is 0.247. The van der Waals surface area contributed by atoms with E-state index in [1.165, 1.54) is 6.26 Å². The molecule has 2 unspecified atom stereocenters. The van der Waals surface area contributed by atoms with E-state index in [1.54, 1.807) is 12.1 Å². The number of anilines is 1. The summed E-state index contributed by atoms with van der Waals surface area (Å²) in [4.78, 5) is 4.17. The van der Waals surface area contributed by atoms with Crippen molar-refractivity contribution in [1.29, 1.82) is 0 Å². The molecule has 1 aromatic carbocycles. The van der Waals surface area contributed by atoms with Crippen molar-refractivity contribution < 1.29 is 17.4 Å². The molecule has 0 spiro atoms. The first-order valence-corrected chi connectivity index (χ1v) is 9.00.